The average molecular weight is 319 g/mol. The van der Waals surface area contributed by atoms with Crippen LogP contribution < -0.4 is 5.32 Å². The van der Waals surface area contributed by atoms with E-state index in [1.54, 1.807) is 30.5 Å². The maximum Gasteiger partial charge on any atom is 0.229 e. The number of aryl methyl sites for hydroxylation is 1. The molecular formula is C19H17N3O2. The van der Waals surface area contributed by atoms with Crippen molar-refractivity contribution in [1.82, 2.24) is 9.97 Å². The normalized spacial score (nSPS) is 10.4. The molecule has 0 fully saturated rings. The van der Waals surface area contributed by atoms with E-state index in [1.165, 1.54) is 0 Å². The molecule has 0 aliphatic rings. The molecule has 0 unspecified atom stereocenters. The highest BCUT2D eigenvalue weighted by Crippen LogP contribution is 2.19. The van der Waals surface area contributed by atoms with Crippen LogP contribution in [-0.4, -0.2) is 21.0 Å². The second-order valence-electron chi connectivity index (χ2n) is 5.45. The van der Waals surface area contributed by atoms with Crippen molar-refractivity contribution in [1.29, 1.82) is 0 Å². The van der Waals surface area contributed by atoms with Gasteiger partial charge in [-0.1, -0.05) is 42.5 Å². The van der Waals surface area contributed by atoms with Crippen LogP contribution in [0.15, 0.2) is 60.8 Å². The first kappa shape index (κ1) is 15.7. The van der Waals surface area contributed by atoms with Gasteiger partial charge in [0.1, 0.15) is 5.75 Å². The molecule has 0 aliphatic carbocycles. The zero-order valence-electron chi connectivity index (χ0n) is 13.2. The van der Waals surface area contributed by atoms with Gasteiger partial charge in [-0.2, -0.15) is 0 Å². The van der Waals surface area contributed by atoms with Crippen LogP contribution in [-0.2, 0) is 11.2 Å². The van der Waals surface area contributed by atoms with Crippen LogP contribution in [0.2, 0.25) is 0 Å². The number of rotatable bonds is 4. The molecule has 120 valence electrons. The Morgan fingerprint density at radius 1 is 1.08 bits per heavy atom. The predicted octanol–water partition coefficient (Wildman–Crippen LogP) is 3.34. The van der Waals surface area contributed by atoms with Crippen LogP contribution in [0.1, 0.15) is 11.3 Å². The standard InChI is InChI=1S/C19H17N3O2/c1-13-19(20-12-17(21-13)15-5-3-2-4-6-15)22-18(24)11-14-7-9-16(23)10-8-14/h2-10,12,23H,11H2,1H3,(H,20,22,24). The second kappa shape index (κ2) is 6.91. The molecule has 24 heavy (non-hydrogen) atoms. The van der Waals surface area contributed by atoms with Gasteiger partial charge >= 0.3 is 0 Å². The number of nitrogens with one attached hydrogen (secondary N) is 1. The van der Waals surface area contributed by atoms with E-state index in [-0.39, 0.29) is 18.1 Å². The third-order valence-corrected chi connectivity index (χ3v) is 3.58. The van der Waals surface area contributed by atoms with E-state index in [4.69, 9.17) is 0 Å². The molecule has 0 atom stereocenters. The third kappa shape index (κ3) is 3.76. The van der Waals surface area contributed by atoms with Crippen LogP contribution >= 0.6 is 0 Å². The largest absolute Gasteiger partial charge is 0.508 e. The van der Waals surface area contributed by atoms with Crippen LogP contribution in [0.3, 0.4) is 0 Å². The van der Waals surface area contributed by atoms with Crippen molar-refractivity contribution in [3.63, 3.8) is 0 Å². The lowest BCUT2D eigenvalue weighted by atomic mass is 10.1. The SMILES string of the molecule is Cc1nc(-c2ccccc2)cnc1NC(=O)Cc1ccc(O)cc1. The van der Waals surface area contributed by atoms with Crippen LogP contribution in [0.4, 0.5) is 5.82 Å². The molecule has 1 heterocycles. The fourth-order valence-corrected chi connectivity index (χ4v) is 2.33. The van der Waals surface area contributed by atoms with Crippen molar-refractivity contribution in [3.8, 4) is 17.0 Å². The molecule has 0 radical (unpaired) electrons. The number of hydrogen-bond acceptors (Lipinski definition) is 4. The molecular weight excluding hydrogens is 302 g/mol. The lowest BCUT2D eigenvalue weighted by molar-refractivity contribution is -0.115. The number of phenols is 1. The van der Waals surface area contributed by atoms with Gasteiger partial charge < -0.3 is 10.4 Å². The predicted molar refractivity (Wildman–Crippen MR) is 92.6 cm³/mol. The Bertz CT molecular complexity index is 846. The van der Waals surface area contributed by atoms with Gasteiger partial charge in [-0.25, -0.2) is 9.97 Å². The van der Waals surface area contributed by atoms with E-state index in [0.717, 1.165) is 16.8 Å². The summed E-state index contributed by atoms with van der Waals surface area (Å²) in [6.45, 7) is 1.82. The monoisotopic (exact) mass is 319 g/mol. The first-order valence-electron chi connectivity index (χ1n) is 7.58. The summed E-state index contributed by atoms with van der Waals surface area (Å²) in [6, 6.07) is 16.3. The van der Waals surface area contributed by atoms with Gasteiger partial charge in [0.05, 0.1) is 24.0 Å². The summed E-state index contributed by atoms with van der Waals surface area (Å²) in [4.78, 5) is 21.0. The molecule has 2 N–H and O–H groups in total. The van der Waals surface area contributed by atoms with E-state index in [2.05, 4.69) is 15.3 Å². The van der Waals surface area contributed by atoms with Crippen molar-refractivity contribution < 1.29 is 9.90 Å². The molecule has 1 amide bonds. The van der Waals surface area contributed by atoms with E-state index in [9.17, 15) is 9.90 Å². The van der Waals surface area contributed by atoms with Crippen molar-refractivity contribution in [2.45, 2.75) is 13.3 Å². The first-order chi connectivity index (χ1) is 11.6. The zero-order valence-corrected chi connectivity index (χ0v) is 13.2. The van der Waals surface area contributed by atoms with E-state index in [0.29, 0.717) is 11.5 Å². The van der Waals surface area contributed by atoms with Crippen molar-refractivity contribution >= 4 is 11.7 Å². The molecule has 5 heteroatoms. The molecule has 0 spiro atoms. The highest BCUT2D eigenvalue weighted by atomic mass is 16.3. The minimum Gasteiger partial charge on any atom is -0.508 e. The lowest BCUT2D eigenvalue weighted by Crippen LogP contribution is -2.16. The van der Waals surface area contributed by atoms with Gasteiger partial charge in [0.25, 0.3) is 0 Å². The van der Waals surface area contributed by atoms with Gasteiger partial charge in [0, 0.05) is 5.56 Å². The third-order valence-electron chi connectivity index (χ3n) is 3.58. The number of benzene rings is 2. The van der Waals surface area contributed by atoms with Gasteiger partial charge in [-0.15, -0.1) is 0 Å². The van der Waals surface area contributed by atoms with E-state index >= 15 is 0 Å². The van der Waals surface area contributed by atoms with Gasteiger partial charge in [0.2, 0.25) is 5.91 Å². The Morgan fingerprint density at radius 2 is 1.79 bits per heavy atom. The summed E-state index contributed by atoms with van der Waals surface area (Å²) in [5.41, 5.74) is 3.23. The molecule has 5 nitrogen and oxygen atoms in total. The summed E-state index contributed by atoms with van der Waals surface area (Å²) < 4.78 is 0. The average Bonchev–Trinajstić information content (AvgIpc) is 2.59. The lowest BCUT2D eigenvalue weighted by Gasteiger charge is -2.09. The molecule has 0 saturated heterocycles. The smallest absolute Gasteiger partial charge is 0.229 e. The van der Waals surface area contributed by atoms with E-state index in [1.807, 2.05) is 37.3 Å². The van der Waals surface area contributed by atoms with Crippen LogP contribution in [0.25, 0.3) is 11.3 Å². The highest BCUT2D eigenvalue weighted by molar-refractivity contribution is 5.91. The first-order valence-corrected chi connectivity index (χ1v) is 7.58. The summed E-state index contributed by atoms with van der Waals surface area (Å²) in [6.07, 6.45) is 1.86. The van der Waals surface area contributed by atoms with Gasteiger partial charge in [-0.3, -0.25) is 4.79 Å². The fourth-order valence-electron chi connectivity index (χ4n) is 2.33. The Morgan fingerprint density at radius 3 is 2.46 bits per heavy atom. The Hall–Kier alpha value is -3.21. The number of anilines is 1. The van der Waals surface area contributed by atoms with Crippen LogP contribution in [0.5, 0.6) is 5.75 Å². The fraction of sp³-hybridized carbons (Fsp3) is 0.105. The molecule has 3 aromatic rings. The second-order valence-corrected chi connectivity index (χ2v) is 5.45. The Kier molecular flexibility index (Phi) is 4.52. The molecule has 0 bridgehead atoms. The molecule has 2 aromatic carbocycles. The van der Waals surface area contributed by atoms with Crippen molar-refractivity contribution in [2.75, 3.05) is 5.32 Å². The number of aromatic nitrogens is 2. The van der Waals surface area contributed by atoms with Crippen LogP contribution in [0, 0.1) is 6.92 Å². The number of nitrogens with zero attached hydrogens (tertiary/aromatic N) is 2. The van der Waals surface area contributed by atoms with Gasteiger partial charge in [0.15, 0.2) is 5.82 Å². The quantitative estimate of drug-likeness (QED) is 0.773. The highest BCUT2D eigenvalue weighted by Gasteiger charge is 2.09. The molecule has 3 rings (SSSR count). The topological polar surface area (TPSA) is 75.1 Å². The molecule has 1 aromatic heterocycles. The molecule has 0 saturated carbocycles. The number of phenolic OH excluding ortho intramolecular Hbond substituents is 1. The zero-order chi connectivity index (χ0) is 16.9. The van der Waals surface area contributed by atoms with Crippen molar-refractivity contribution in [3.05, 3.63) is 72.1 Å². The van der Waals surface area contributed by atoms with Gasteiger partial charge in [-0.05, 0) is 24.6 Å². The summed E-state index contributed by atoms with van der Waals surface area (Å²) in [5.74, 6) is 0.460. The minimum atomic E-state index is -0.175. The number of carbonyl (C=O) groups excluding carboxylic acids is 1. The summed E-state index contributed by atoms with van der Waals surface area (Å²) >= 11 is 0. The number of amides is 1. The maximum absolute atomic E-state index is 12.1. The summed E-state index contributed by atoms with van der Waals surface area (Å²) in [7, 11) is 0. The summed E-state index contributed by atoms with van der Waals surface area (Å²) in [5, 5.41) is 12.0. The van der Waals surface area contributed by atoms with E-state index < -0.39 is 0 Å². The minimum absolute atomic E-state index is 0.175. The Labute approximate surface area is 140 Å². The maximum atomic E-state index is 12.1. The number of hydrogen-bond donors (Lipinski definition) is 2. The Balaban J connectivity index is 1.71. The number of aromatic hydroxyl groups is 1. The van der Waals surface area contributed by atoms with Crippen molar-refractivity contribution in [2.24, 2.45) is 0 Å². The number of carbonyl (C=O) groups is 1. The molecule has 0 aliphatic heterocycles.